The number of carbonyl (C=O) groups excluding carboxylic acids is 1. The van der Waals surface area contributed by atoms with Crippen molar-refractivity contribution in [2.24, 2.45) is 11.8 Å². The first kappa shape index (κ1) is 14.1. The first-order valence-electron chi connectivity index (χ1n) is 7.08. The fourth-order valence-electron chi connectivity index (χ4n) is 2.58. The molecule has 0 bridgehead atoms. The van der Waals surface area contributed by atoms with Crippen molar-refractivity contribution >= 4 is 5.78 Å². The van der Waals surface area contributed by atoms with Gasteiger partial charge in [0, 0.05) is 18.0 Å². The van der Waals surface area contributed by atoms with E-state index >= 15 is 0 Å². The number of aryl methyl sites for hydroxylation is 1. The summed E-state index contributed by atoms with van der Waals surface area (Å²) in [6.45, 7) is 5.71. The molecule has 1 N–H and O–H groups in total. The van der Waals surface area contributed by atoms with Crippen LogP contribution in [0, 0.1) is 11.8 Å². The quantitative estimate of drug-likeness (QED) is 0.828. The molecule has 1 aliphatic rings. The van der Waals surface area contributed by atoms with Crippen LogP contribution in [0.1, 0.15) is 36.2 Å². The van der Waals surface area contributed by atoms with E-state index in [1.165, 1.54) is 5.56 Å². The minimum absolute atomic E-state index is 0.0348. The maximum absolute atomic E-state index is 12.6. The molecule has 0 aliphatic carbocycles. The van der Waals surface area contributed by atoms with Crippen LogP contribution >= 0.6 is 0 Å². The number of ketones is 1. The van der Waals surface area contributed by atoms with Crippen LogP contribution in [0.4, 0.5) is 0 Å². The third kappa shape index (κ3) is 3.16. The molecule has 0 amide bonds. The van der Waals surface area contributed by atoms with E-state index in [0.717, 1.165) is 37.3 Å². The SMILES string of the molecule is CNCC(C(=O)c1ccc2c(c1)CCCO2)C(C)C. The number of carbonyl (C=O) groups is 1. The van der Waals surface area contributed by atoms with Crippen LogP contribution < -0.4 is 10.1 Å². The molecule has 1 unspecified atom stereocenters. The van der Waals surface area contributed by atoms with E-state index < -0.39 is 0 Å². The Morgan fingerprint density at radius 1 is 1.42 bits per heavy atom. The molecule has 0 spiro atoms. The summed E-state index contributed by atoms with van der Waals surface area (Å²) in [5, 5.41) is 3.12. The standard InChI is InChI=1S/C16H23NO2/c1-11(2)14(10-17-3)16(18)13-6-7-15-12(9-13)5-4-8-19-15/h6-7,9,11,14,17H,4-5,8,10H2,1-3H3. The third-order valence-corrected chi connectivity index (χ3v) is 3.76. The average molecular weight is 261 g/mol. The van der Waals surface area contributed by atoms with E-state index in [2.05, 4.69) is 19.2 Å². The fourth-order valence-corrected chi connectivity index (χ4v) is 2.58. The van der Waals surface area contributed by atoms with E-state index in [1.54, 1.807) is 0 Å². The minimum Gasteiger partial charge on any atom is -0.493 e. The van der Waals surface area contributed by atoms with Crippen LogP contribution in [-0.4, -0.2) is 26.0 Å². The lowest BCUT2D eigenvalue weighted by atomic mass is 9.87. The second kappa shape index (κ2) is 6.20. The number of benzene rings is 1. The molecule has 3 nitrogen and oxygen atoms in total. The molecule has 19 heavy (non-hydrogen) atoms. The Bertz CT molecular complexity index is 454. The molecule has 0 fully saturated rings. The van der Waals surface area contributed by atoms with Crippen molar-refractivity contribution in [1.29, 1.82) is 0 Å². The maximum atomic E-state index is 12.6. The molecule has 3 heteroatoms. The van der Waals surface area contributed by atoms with Gasteiger partial charge in [0.25, 0.3) is 0 Å². The Labute approximate surface area is 115 Å². The third-order valence-electron chi connectivity index (χ3n) is 3.76. The molecule has 0 aromatic heterocycles. The van der Waals surface area contributed by atoms with E-state index in [9.17, 15) is 4.79 Å². The molecular weight excluding hydrogens is 238 g/mol. The van der Waals surface area contributed by atoms with Crippen molar-refractivity contribution in [3.05, 3.63) is 29.3 Å². The summed E-state index contributed by atoms with van der Waals surface area (Å²) >= 11 is 0. The zero-order valence-electron chi connectivity index (χ0n) is 12.0. The molecule has 2 rings (SSSR count). The van der Waals surface area contributed by atoms with Gasteiger partial charge in [-0.25, -0.2) is 0 Å². The highest BCUT2D eigenvalue weighted by Crippen LogP contribution is 2.27. The normalized spacial score (nSPS) is 15.8. The van der Waals surface area contributed by atoms with E-state index in [0.29, 0.717) is 5.92 Å². The van der Waals surface area contributed by atoms with Gasteiger partial charge in [0.2, 0.25) is 0 Å². The summed E-state index contributed by atoms with van der Waals surface area (Å²) in [5.74, 6) is 1.55. The first-order valence-corrected chi connectivity index (χ1v) is 7.08. The second-order valence-corrected chi connectivity index (χ2v) is 5.55. The van der Waals surface area contributed by atoms with Gasteiger partial charge in [-0.2, -0.15) is 0 Å². The van der Waals surface area contributed by atoms with Gasteiger partial charge in [0.15, 0.2) is 5.78 Å². The van der Waals surface area contributed by atoms with E-state index in [-0.39, 0.29) is 11.7 Å². The number of fused-ring (bicyclic) bond motifs is 1. The number of nitrogens with one attached hydrogen (secondary N) is 1. The average Bonchev–Trinajstić information content (AvgIpc) is 2.43. The molecule has 1 atom stereocenters. The number of Topliss-reactive ketones (excluding diaryl/α,β-unsaturated/α-hetero) is 1. The smallest absolute Gasteiger partial charge is 0.167 e. The number of ether oxygens (including phenoxy) is 1. The molecule has 104 valence electrons. The van der Waals surface area contributed by atoms with E-state index in [1.807, 2.05) is 25.2 Å². The van der Waals surface area contributed by atoms with Crippen LogP contribution in [0.15, 0.2) is 18.2 Å². The Morgan fingerprint density at radius 2 is 2.21 bits per heavy atom. The van der Waals surface area contributed by atoms with E-state index in [4.69, 9.17) is 4.74 Å². The molecule has 1 aliphatic heterocycles. The summed E-state index contributed by atoms with van der Waals surface area (Å²) in [5.41, 5.74) is 1.99. The Balaban J connectivity index is 2.22. The lowest BCUT2D eigenvalue weighted by Crippen LogP contribution is -2.30. The molecule has 0 radical (unpaired) electrons. The number of hydrogen-bond acceptors (Lipinski definition) is 3. The van der Waals surface area contributed by atoms with Crippen LogP contribution in [-0.2, 0) is 6.42 Å². The molecule has 1 aromatic carbocycles. The zero-order chi connectivity index (χ0) is 13.8. The predicted octanol–water partition coefficient (Wildman–Crippen LogP) is 2.69. The molecule has 1 aromatic rings. The summed E-state index contributed by atoms with van der Waals surface area (Å²) in [6, 6.07) is 5.86. The van der Waals surface area contributed by atoms with Gasteiger partial charge in [-0.15, -0.1) is 0 Å². The summed E-state index contributed by atoms with van der Waals surface area (Å²) < 4.78 is 5.59. The monoisotopic (exact) mass is 261 g/mol. The van der Waals surface area contributed by atoms with Crippen LogP contribution in [0.25, 0.3) is 0 Å². The van der Waals surface area contributed by atoms with Crippen LogP contribution in [0.3, 0.4) is 0 Å². The van der Waals surface area contributed by atoms with Crippen molar-refractivity contribution < 1.29 is 9.53 Å². The van der Waals surface area contributed by atoms with Gasteiger partial charge >= 0.3 is 0 Å². The molecule has 0 saturated heterocycles. The summed E-state index contributed by atoms with van der Waals surface area (Å²) in [6.07, 6.45) is 2.05. The van der Waals surface area contributed by atoms with Gasteiger partial charge in [-0.05, 0) is 49.6 Å². The largest absolute Gasteiger partial charge is 0.493 e. The summed E-state index contributed by atoms with van der Waals surface area (Å²) in [4.78, 5) is 12.6. The van der Waals surface area contributed by atoms with Gasteiger partial charge in [-0.1, -0.05) is 13.8 Å². The minimum atomic E-state index is 0.0348. The van der Waals surface area contributed by atoms with Crippen molar-refractivity contribution in [3.8, 4) is 5.75 Å². The summed E-state index contributed by atoms with van der Waals surface area (Å²) in [7, 11) is 1.89. The first-order chi connectivity index (χ1) is 9.13. The van der Waals surface area contributed by atoms with Gasteiger partial charge in [-0.3, -0.25) is 4.79 Å². The number of rotatable bonds is 5. The van der Waals surface area contributed by atoms with Crippen molar-refractivity contribution in [3.63, 3.8) is 0 Å². The van der Waals surface area contributed by atoms with Gasteiger partial charge in [0.05, 0.1) is 6.61 Å². The predicted molar refractivity (Wildman–Crippen MR) is 76.8 cm³/mol. The second-order valence-electron chi connectivity index (χ2n) is 5.55. The Hall–Kier alpha value is -1.35. The number of hydrogen-bond donors (Lipinski definition) is 1. The van der Waals surface area contributed by atoms with Crippen LogP contribution in [0.5, 0.6) is 5.75 Å². The lowest BCUT2D eigenvalue weighted by Gasteiger charge is -2.21. The highest BCUT2D eigenvalue weighted by Gasteiger charge is 2.23. The highest BCUT2D eigenvalue weighted by atomic mass is 16.5. The Kier molecular flexibility index (Phi) is 4.59. The molecule has 1 heterocycles. The topological polar surface area (TPSA) is 38.3 Å². The Morgan fingerprint density at radius 3 is 2.89 bits per heavy atom. The van der Waals surface area contributed by atoms with Gasteiger partial charge in [0.1, 0.15) is 5.75 Å². The van der Waals surface area contributed by atoms with Crippen molar-refractivity contribution in [2.45, 2.75) is 26.7 Å². The van der Waals surface area contributed by atoms with Crippen LogP contribution in [0.2, 0.25) is 0 Å². The lowest BCUT2D eigenvalue weighted by molar-refractivity contribution is 0.0886. The fraction of sp³-hybridized carbons (Fsp3) is 0.562. The van der Waals surface area contributed by atoms with Crippen molar-refractivity contribution in [1.82, 2.24) is 5.32 Å². The van der Waals surface area contributed by atoms with Gasteiger partial charge < -0.3 is 10.1 Å². The molecular formula is C16H23NO2. The zero-order valence-corrected chi connectivity index (χ0v) is 12.0. The van der Waals surface area contributed by atoms with Crippen molar-refractivity contribution in [2.75, 3.05) is 20.2 Å². The highest BCUT2D eigenvalue weighted by molar-refractivity contribution is 5.98. The maximum Gasteiger partial charge on any atom is 0.167 e. The molecule has 0 saturated carbocycles.